The van der Waals surface area contributed by atoms with Crippen molar-refractivity contribution in [3.05, 3.63) is 34.9 Å². The summed E-state index contributed by atoms with van der Waals surface area (Å²) in [5.41, 5.74) is 0.773. The SMILES string of the molecule is CCCCCCCCCCCCCCCCS(=O)(=O)N/N=C(\c1ccccc1Cl)N1CCCCC1. The molecule has 1 aliphatic rings. The minimum absolute atomic E-state index is 0.115. The van der Waals surface area contributed by atoms with Gasteiger partial charge in [0.15, 0.2) is 5.84 Å². The number of piperidine rings is 1. The zero-order valence-corrected chi connectivity index (χ0v) is 23.5. The fraction of sp³-hybridized carbons (Fsp3) is 0.750. The van der Waals surface area contributed by atoms with E-state index in [4.69, 9.17) is 11.6 Å². The van der Waals surface area contributed by atoms with Gasteiger partial charge in [0.2, 0.25) is 10.0 Å². The number of rotatable bonds is 18. The van der Waals surface area contributed by atoms with E-state index in [1.807, 2.05) is 24.3 Å². The molecule has 1 heterocycles. The second kappa shape index (κ2) is 18.0. The molecule has 1 N–H and O–H groups in total. The fourth-order valence-corrected chi connectivity index (χ4v) is 5.82. The van der Waals surface area contributed by atoms with Gasteiger partial charge in [-0.1, -0.05) is 114 Å². The average molecular weight is 526 g/mol. The van der Waals surface area contributed by atoms with Gasteiger partial charge in [-0.05, 0) is 37.8 Å². The lowest BCUT2D eigenvalue weighted by molar-refractivity contribution is 0.341. The minimum Gasteiger partial charge on any atom is -0.355 e. The summed E-state index contributed by atoms with van der Waals surface area (Å²) >= 11 is 6.41. The van der Waals surface area contributed by atoms with Crippen LogP contribution in [0, 0.1) is 0 Å². The van der Waals surface area contributed by atoms with E-state index >= 15 is 0 Å². The van der Waals surface area contributed by atoms with Gasteiger partial charge in [-0.25, -0.2) is 13.2 Å². The average Bonchev–Trinajstić information content (AvgIpc) is 2.86. The van der Waals surface area contributed by atoms with Crippen LogP contribution in [0.1, 0.15) is 122 Å². The van der Waals surface area contributed by atoms with Crippen molar-refractivity contribution in [2.45, 2.75) is 116 Å². The number of nitrogens with one attached hydrogen (secondary N) is 1. The first-order chi connectivity index (χ1) is 17.0. The number of likely N-dealkylation sites (tertiary alicyclic amines) is 1. The summed E-state index contributed by atoms with van der Waals surface area (Å²) in [7, 11) is -3.46. The van der Waals surface area contributed by atoms with E-state index in [1.54, 1.807) is 0 Å². The van der Waals surface area contributed by atoms with Crippen molar-refractivity contribution in [3.8, 4) is 0 Å². The maximum absolute atomic E-state index is 12.6. The van der Waals surface area contributed by atoms with Crippen LogP contribution in [0.25, 0.3) is 0 Å². The quantitative estimate of drug-likeness (QED) is 0.0916. The molecule has 0 saturated carbocycles. The maximum Gasteiger partial charge on any atom is 0.247 e. The lowest BCUT2D eigenvalue weighted by Crippen LogP contribution is -2.38. The molecule has 35 heavy (non-hydrogen) atoms. The van der Waals surface area contributed by atoms with Gasteiger partial charge < -0.3 is 4.90 Å². The lowest BCUT2D eigenvalue weighted by atomic mass is 10.0. The molecule has 0 bridgehead atoms. The summed E-state index contributed by atoms with van der Waals surface area (Å²) < 4.78 is 25.2. The van der Waals surface area contributed by atoms with Gasteiger partial charge in [0.25, 0.3) is 0 Å². The topological polar surface area (TPSA) is 61.8 Å². The number of nitrogens with zero attached hydrogens (tertiary/aromatic N) is 2. The number of halogens is 1. The molecule has 1 aromatic carbocycles. The second-order valence-corrected chi connectivity index (χ2v) is 12.2. The maximum atomic E-state index is 12.6. The van der Waals surface area contributed by atoms with Gasteiger partial charge in [0, 0.05) is 18.7 Å². The Labute approximate surface area is 220 Å². The Morgan fingerprint density at radius 2 is 1.34 bits per heavy atom. The number of unbranched alkanes of at least 4 members (excludes halogenated alkanes) is 13. The summed E-state index contributed by atoms with van der Waals surface area (Å²) in [6.45, 7) is 4.00. The molecule has 0 atom stereocenters. The molecule has 1 aliphatic heterocycles. The Morgan fingerprint density at radius 3 is 1.89 bits per heavy atom. The number of benzene rings is 1. The van der Waals surface area contributed by atoms with E-state index < -0.39 is 10.0 Å². The van der Waals surface area contributed by atoms with Crippen molar-refractivity contribution in [3.63, 3.8) is 0 Å². The van der Waals surface area contributed by atoms with Gasteiger partial charge in [0.05, 0.1) is 10.8 Å². The molecule has 0 aromatic heterocycles. The third-order valence-corrected chi connectivity index (χ3v) is 8.35. The number of sulfonamides is 1. The van der Waals surface area contributed by atoms with Gasteiger partial charge >= 0.3 is 0 Å². The Hall–Kier alpha value is -1.27. The number of hydrogen-bond donors (Lipinski definition) is 1. The van der Waals surface area contributed by atoms with E-state index in [9.17, 15) is 8.42 Å². The summed E-state index contributed by atoms with van der Waals surface area (Å²) in [6.07, 6.45) is 20.8. The zero-order chi connectivity index (χ0) is 25.2. The Balaban J connectivity index is 1.64. The number of hydrazone groups is 1. The summed E-state index contributed by atoms with van der Waals surface area (Å²) in [6, 6.07) is 7.50. The Kier molecular flexibility index (Phi) is 15.4. The van der Waals surface area contributed by atoms with Crippen LogP contribution >= 0.6 is 11.6 Å². The molecule has 0 aliphatic carbocycles. The first kappa shape index (κ1) is 30.0. The molecular formula is C28H48ClN3O2S. The van der Waals surface area contributed by atoms with Crippen LogP contribution in [0.15, 0.2) is 29.4 Å². The van der Waals surface area contributed by atoms with Gasteiger partial charge in [-0.15, -0.1) is 5.10 Å². The van der Waals surface area contributed by atoms with E-state index in [1.165, 1.54) is 77.0 Å². The highest BCUT2D eigenvalue weighted by atomic mass is 35.5. The monoisotopic (exact) mass is 525 g/mol. The third-order valence-electron chi connectivity index (χ3n) is 6.83. The van der Waals surface area contributed by atoms with Crippen LogP contribution in [0.3, 0.4) is 0 Å². The predicted octanol–water partition coefficient (Wildman–Crippen LogP) is 7.89. The first-order valence-electron chi connectivity index (χ1n) is 14.1. The molecule has 1 saturated heterocycles. The normalized spacial score (nSPS) is 14.9. The lowest BCUT2D eigenvalue weighted by Gasteiger charge is -2.30. The van der Waals surface area contributed by atoms with Crippen LogP contribution in [0.4, 0.5) is 0 Å². The van der Waals surface area contributed by atoms with Crippen molar-refractivity contribution in [1.29, 1.82) is 0 Å². The summed E-state index contributed by atoms with van der Waals surface area (Å²) in [5, 5.41) is 4.94. The Bertz CT molecular complexity index is 823. The van der Waals surface area contributed by atoms with Crippen LogP contribution < -0.4 is 4.83 Å². The van der Waals surface area contributed by atoms with E-state index in [0.717, 1.165) is 44.3 Å². The van der Waals surface area contributed by atoms with Crippen molar-refractivity contribution in [2.24, 2.45) is 5.10 Å². The highest BCUT2D eigenvalue weighted by Gasteiger charge is 2.20. The molecule has 5 nitrogen and oxygen atoms in total. The summed E-state index contributed by atoms with van der Waals surface area (Å²) in [4.78, 5) is 4.63. The second-order valence-electron chi connectivity index (χ2n) is 9.97. The molecule has 0 spiro atoms. The highest BCUT2D eigenvalue weighted by Crippen LogP contribution is 2.20. The van der Waals surface area contributed by atoms with E-state index in [2.05, 4.69) is 21.8 Å². The van der Waals surface area contributed by atoms with E-state index in [0.29, 0.717) is 17.3 Å². The van der Waals surface area contributed by atoms with Gasteiger partial charge in [-0.2, -0.15) is 0 Å². The highest BCUT2D eigenvalue weighted by molar-refractivity contribution is 7.89. The number of hydrogen-bond acceptors (Lipinski definition) is 3. The Morgan fingerprint density at radius 1 is 0.829 bits per heavy atom. The molecule has 7 heteroatoms. The first-order valence-corrected chi connectivity index (χ1v) is 16.1. The number of amidine groups is 1. The zero-order valence-electron chi connectivity index (χ0n) is 21.9. The van der Waals surface area contributed by atoms with Crippen LogP contribution in [0.2, 0.25) is 5.02 Å². The van der Waals surface area contributed by atoms with Crippen molar-refractivity contribution in [2.75, 3.05) is 18.8 Å². The molecule has 2 rings (SSSR count). The third kappa shape index (κ3) is 13.0. The fourth-order valence-electron chi connectivity index (χ4n) is 4.69. The van der Waals surface area contributed by atoms with Gasteiger partial charge in [-0.3, -0.25) is 0 Å². The van der Waals surface area contributed by atoms with Gasteiger partial charge in [0.1, 0.15) is 0 Å². The molecule has 1 aromatic rings. The van der Waals surface area contributed by atoms with Crippen molar-refractivity contribution in [1.82, 2.24) is 9.73 Å². The largest absolute Gasteiger partial charge is 0.355 e. The molecule has 0 radical (unpaired) electrons. The standard InChI is InChI=1S/C28H48ClN3O2S/c1-2-3-4-5-6-7-8-9-10-11-12-13-14-20-25-35(33,34)31-30-28(32-23-18-15-19-24-32)26-21-16-17-22-27(26)29/h16-17,21-22,31H,2-15,18-20,23-25H2,1H3/b30-28+. The minimum atomic E-state index is -3.46. The van der Waals surface area contributed by atoms with Crippen LogP contribution in [0.5, 0.6) is 0 Å². The van der Waals surface area contributed by atoms with Crippen LogP contribution in [-0.2, 0) is 10.0 Å². The van der Waals surface area contributed by atoms with E-state index in [-0.39, 0.29) is 5.75 Å². The molecule has 0 unspecified atom stereocenters. The smallest absolute Gasteiger partial charge is 0.247 e. The molecule has 200 valence electrons. The predicted molar refractivity (Wildman–Crippen MR) is 151 cm³/mol. The van der Waals surface area contributed by atoms with Crippen molar-refractivity contribution < 1.29 is 8.42 Å². The van der Waals surface area contributed by atoms with Crippen LogP contribution in [-0.4, -0.2) is 38.0 Å². The molecular weight excluding hydrogens is 478 g/mol. The van der Waals surface area contributed by atoms with Crippen molar-refractivity contribution >= 4 is 27.5 Å². The molecule has 0 amide bonds. The molecule has 1 fully saturated rings. The summed E-state index contributed by atoms with van der Waals surface area (Å²) in [5.74, 6) is 0.740.